The van der Waals surface area contributed by atoms with E-state index in [1.54, 1.807) is 0 Å². The Bertz CT molecular complexity index is 1710. The van der Waals surface area contributed by atoms with Crippen LogP contribution in [0.15, 0.2) is 36.4 Å². The number of aromatic hydroxyl groups is 2. The summed E-state index contributed by atoms with van der Waals surface area (Å²) in [6.07, 6.45) is -1.09. The van der Waals surface area contributed by atoms with Crippen molar-refractivity contribution in [1.82, 2.24) is 20.4 Å². The second-order valence-corrected chi connectivity index (χ2v) is 13.7. The van der Waals surface area contributed by atoms with Crippen LogP contribution in [-0.4, -0.2) is 110 Å². The molecule has 52 heavy (non-hydrogen) atoms. The van der Waals surface area contributed by atoms with Crippen LogP contribution >= 0.6 is 0 Å². The SMILES string of the molecule is CC(C)CC(=O)N(C)[C@H](CO)C(=O)N[C@H](C)C(=O)CCC(=O)N(C)[C@@H]1C(=O)C[C@@H](C)C(=O)N[C@H](C(=O)O)Cc2ccc(O)c(c2)-c2cc1ccc2O. The number of nitrogens with one attached hydrogen (secondary N) is 2. The van der Waals surface area contributed by atoms with Crippen molar-refractivity contribution in [3.63, 3.8) is 0 Å². The van der Waals surface area contributed by atoms with E-state index in [2.05, 4.69) is 10.6 Å². The van der Waals surface area contributed by atoms with Crippen molar-refractivity contribution in [2.75, 3.05) is 20.7 Å². The summed E-state index contributed by atoms with van der Waals surface area (Å²) in [5, 5.41) is 46.1. The van der Waals surface area contributed by atoms with Gasteiger partial charge in [-0.25, -0.2) is 4.79 Å². The molecule has 0 saturated carbocycles. The number of amides is 4. The maximum absolute atomic E-state index is 13.9. The maximum Gasteiger partial charge on any atom is 0.326 e. The molecule has 2 aromatic rings. The summed E-state index contributed by atoms with van der Waals surface area (Å²) in [6, 6.07) is 3.42. The number of fused-ring (bicyclic) bond motifs is 5. The molecule has 0 saturated heterocycles. The number of hydrogen-bond acceptors (Lipinski definition) is 10. The monoisotopic (exact) mass is 724 g/mol. The van der Waals surface area contributed by atoms with Crippen LogP contribution in [0, 0.1) is 11.8 Å². The van der Waals surface area contributed by atoms with Crippen molar-refractivity contribution in [2.45, 2.75) is 84.0 Å². The fourth-order valence-electron chi connectivity index (χ4n) is 5.95. The number of rotatable bonds is 12. The van der Waals surface area contributed by atoms with E-state index in [1.807, 2.05) is 13.8 Å². The number of phenols is 2. The highest BCUT2D eigenvalue weighted by molar-refractivity contribution is 5.96. The molecule has 2 aromatic carbocycles. The van der Waals surface area contributed by atoms with Crippen molar-refractivity contribution in [1.29, 1.82) is 0 Å². The van der Waals surface area contributed by atoms with Gasteiger partial charge in [-0.3, -0.25) is 28.8 Å². The summed E-state index contributed by atoms with van der Waals surface area (Å²) in [5.41, 5.74) is 0.903. The molecule has 0 spiro atoms. The van der Waals surface area contributed by atoms with Gasteiger partial charge in [0.2, 0.25) is 23.6 Å². The van der Waals surface area contributed by atoms with Gasteiger partial charge >= 0.3 is 5.97 Å². The summed E-state index contributed by atoms with van der Waals surface area (Å²) in [5.74, 6) is -6.35. The lowest BCUT2D eigenvalue weighted by Gasteiger charge is -2.30. The third-order valence-corrected chi connectivity index (χ3v) is 9.13. The van der Waals surface area contributed by atoms with Gasteiger partial charge in [-0.05, 0) is 48.2 Å². The zero-order valence-electron chi connectivity index (χ0n) is 30.2. The topological polar surface area (TPSA) is 231 Å². The van der Waals surface area contributed by atoms with Crippen LogP contribution in [0.3, 0.4) is 0 Å². The number of carboxylic acids is 1. The normalized spacial score (nSPS) is 18.7. The van der Waals surface area contributed by atoms with Crippen molar-refractivity contribution < 1.29 is 54.0 Å². The second kappa shape index (κ2) is 17.8. The first-order valence-corrected chi connectivity index (χ1v) is 17.0. The molecule has 6 N–H and O–H groups in total. The number of carbonyl (C=O) groups is 7. The lowest BCUT2D eigenvalue weighted by atomic mass is 9.89. The Kier molecular flexibility index (Phi) is 14.0. The highest BCUT2D eigenvalue weighted by atomic mass is 16.4. The molecule has 282 valence electrons. The van der Waals surface area contributed by atoms with Crippen molar-refractivity contribution >= 4 is 41.2 Å². The number of Topliss-reactive ketones (excluding diaryl/α,β-unsaturated/α-hetero) is 2. The standard InChI is InChI=1S/C37H48N4O11/c1-19(2)13-33(48)40(5)27(18-42)36(50)38-21(4)28(43)11-12-32(47)41(6)34-23-8-10-30(45)25(17-23)24-15-22(7-9-29(24)44)16-26(37(51)52)39-35(49)20(3)14-31(34)46/h7-10,15,17,19-21,26-27,34,42,44-45H,11-14,16,18H2,1-6H3,(H,38,50)(H,39,49)(H,51,52)/t20-,21-,26+,27-,34+/m1/s1. The van der Waals surface area contributed by atoms with Crippen LogP contribution in [0.4, 0.5) is 0 Å². The molecule has 1 aliphatic heterocycles. The number of aliphatic hydroxyl groups is 1. The lowest BCUT2D eigenvalue weighted by Crippen LogP contribution is -2.53. The summed E-state index contributed by atoms with van der Waals surface area (Å²) >= 11 is 0. The Hall–Kier alpha value is -5.31. The molecule has 0 fully saturated rings. The van der Waals surface area contributed by atoms with Gasteiger partial charge < -0.3 is 40.9 Å². The van der Waals surface area contributed by atoms with Gasteiger partial charge in [0.15, 0.2) is 11.6 Å². The Morgan fingerprint density at radius 2 is 1.52 bits per heavy atom. The smallest absolute Gasteiger partial charge is 0.326 e. The minimum Gasteiger partial charge on any atom is -0.507 e. The Morgan fingerprint density at radius 3 is 2.12 bits per heavy atom. The predicted molar refractivity (Wildman–Crippen MR) is 188 cm³/mol. The van der Waals surface area contributed by atoms with Crippen LogP contribution in [0.25, 0.3) is 11.1 Å². The van der Waals surface area contributed by atoms with E-state index in [0.29, 0.717) is 5.56 Å². The van der Waals surface area contributed by atoms with Gasteiger partial charge in [0.05, 0.1) is 12.6 Å². The van der Waals surface area contributed by atoms with E-state index in [0.717, 1.165) is 9.80 Å². The van der Waals surface area contributed by atoms with E-state index < -0.39 is 78.4 Å². The van der Waals surface area contributed by atoms with E-state index in [4.69, 9.17) is 0 Å². The van der Waals surface area contributed by atoms with Gasteiger partial charge in [0.25, 0.3) is 0 Å². The molecule has 4 amide bonds. The molecule has 0 aromatic heterocycles. The van der Waals surface area contributed by atoms with Crippen LogP contribution in [0.2, 0.25) is 0 Å². The van der Waals surface area contributed by atoms with Crippen LogP contribution in [0.5, 0.6) is 11.5 Å². The second-order valence-electron chi connectivity index (χ2n) is 13.7. The van der Waals surface area contributed by atoms with Gasteiger partial charge in [0, 0.05) is 63.2 Å². The molecule has 0 radical (unpaired) electrons. The predicted octanol–water partition coefficient (Wildman–Crippen LogP) is 1.70. The minimum atomic E-state index is -1.36. The average molecular weight is 725 g/mol. The Labute approximate surface area is 302 Å². The molecule has 1 aliphatic rings. The summed E-state index contributed by atoms with van der Waals surface area (Å²) in [7, 11) is 2.73. The highest BCUT2D eigenvalue weighted by Gasteiger charge is 2.34. The summed E-state index contributed by atoms with van der Waals surface area (Å²) in [6.45, 7) is 5.86. The van der Waals surface area contributed by atoms with Gasteiger partial charge in [-0.2, -0.15) is 0 Å². The maximum atomic E-state index is 13.9. The number of phenolic OH excluding ortho intramolecular Hbond substituents is 2. The third kappa shape index (κ3) is 10.1. The summed E-state index contributed by atoms with van der Waals surface area (Å²) < 4.78 is 0. The van der Waals surface area contributed by atoms with Crippen molar-refractivity contribution in [3.05, 3.63) is 47.5 Å². The number of carboxylic acid groups (broad SMARTS) is 1. The lowest BCUT2D eigenvalue weighted by molar-refractivity contribution is -0.143. The first-order chi connectivity index (χ1) is 24.4. The minimum absolute atomic E-state index is 0.0226. The number of ketones is 2. The summed E-state index contributed by atoms with van der Waals surface area (Å²) in [4.78, 5) is 93.1. The molecule has 1 heterocycles. The van der Waals surface area contributed by atoms with E-state index in [1.165, 1.54) is 64.3 Å². The number of benzene rings is 2. The molecule has 15 heteroatoms. The first-order valence-electron chi connectivity index (χ1n) is 17.0. The van der Waals surface area contributed by atoms with E-state index in [-0.39, 0.29) is 65.7 Å². The van der Waals surface area contributed by atoms with Gasteiger partial charge in [-0.1, -0.05) is 32.9 Å². The van der Waals surface area contributed by atoms with E-state index >= 15 is 0 Å². The molecular formula is C37H48N4O11. The molecule has 4 bridgehead atoms. The molecule has 3 rings (SSSR count). The molecule has 0 aliphatic carbocycles. The molecule has 0 unspecified atom stereocenters. The number of likely N-dealkylation sites (N-methyl/N-ethyl adjacent to an activating group) is 2. The molecule has 15 nitrogen and oxygen atoms in total. The van der Waals surface area contributed by atoms with E-state index in [9.17, 15) is 54.0 Å². The molecule has 5 atom stereocenters. The fraction of sp³-hybridized carbons (Fsp3) is 0.486. The molecular weight excluding hydrogens is 676 g/mol. The first kappa shape index (κ1) is 41.1. The largest absolute Gasteiger partial charge is 0.507 e. The highest BCUT2D eigenvalue weighted by Crippen LogP contribution is 2.39. The van der Waals surface area contributed by atoms with Crippen LogP contribution in [-0.2, 0) is 40.0 Å². The fourth-order valence-corrected chi connectivity index (χ4v) is 5.95. The quantitative estimate of drug-likeness (QED) is 0.185. The Morgan fingerprint density at radius 1 is 0.904 bits per heavy atom. The zero-order valence-corrected chi connectivity index (χ0v) is 30.2. The average Bonchev–Trinajstić information content (AvgIpc) is 3.07. The number of aliphatic carboxylic acids is 1. The van der Waals surface area contributed by atoms with Crippen LogP contribution in [0.1, 0.15) is 70.5 Å². The van der Waals surface area contributed by atoms with Gasteiger partial charge in [-0.15, -0.1) is 0 Å². The number of hydrogen-bond donors (Lipinski definition) is 6. The number of aliphatic hydroxyl groups excluding tert-OH is 1. The zero-order chi connectivity index (χ0) is 39.0. The van der Waals surface area contributed by atoms with Gasteiger partial charge in [0.1, 0.15) is 29.6 Å². The third-order valence-electron chi connectivity index (χ3n) is 9.13. The van der Waals surface area contributed by atoms with Crippen molar-refractivity contribution in [3.8, 4) is 22.6 Å². The number of nitrogens with zero attached hydrogens (tertiary/aromatic N) is 2. The number of carbonyl (C=O) groups excluding carboxylic acids is 6. The Balaban J connectivity index is 1.87. The van der Waals surface area contributed by atoms with Crippen LogP contribution < -0.4 is 10.6 Å². The van der Waals surface area contributed by atoms with Crippen molar-refractivity contribution in [2.24, 2.45) is 11.8 Å².